The lowest BCUT2D eigenvalue weighted by molar-refractivity contribution is -0.141. The fourth-order valence-corrected chi connectivity index (χ4v) is 10.1. The number of carbonyl (C=O) groups excluding carboxylic acids is 4. The van der Waals surface area contributed by atoms with Crippen molar-refractivity contribution in [3.63, 3.8) is 0 Å². The summed E-state index contributed by atoms with van der Waals surface area (Å²) < 4.78 is 46.1. The summed E-state index contributed by atoms with van der Waals surface area (Å²) in [5, 5.41) is 6.76. The highest BCUT2D eigenvalue weighted by Gasteiger charge is 2.64. The first-order valence-corrected chi connectivity index (χ1v) is 22.6. The van der Waals surface area contributed by atoms with Gasteiger partial charge in [0, 0.05) is 29.2 Å². The number of aromatic nitrogens is 1. The highest BCUT2D eigenvalue weighted by molar-refractivity contribution is 7.91. The number of allylic oxidation sites excluding steroid dienone is 1. The fourth-order valence-electron chi connectivity index (χ4n) is 8.78. The topological polar surface area (TPSA) is 182 Å². The standard InChI is InChI=1S/C43H57N5O9S/c1-25(2)26(3)56-40(52)45-33-12-10-8-6-7-9-11-28-22-43(28,39(51)47-58(53,54)41(4)19-20-41)46-37(49)34-23-42(24-48(34)38(33)50)18-17-30-31-21-29(55-5)15-16-32(31)44-35(27-13-14-27)36(30)57-42/h9,11,15-16,21,25-28,33-34H,6-8,10,12-14,17-20,22-24H2,1-5H3,(H,45,52)(H,46,49)(H,47,51)/b11-9-/t26-,28+,33-,34-,42+,43+/m0/s1. The van der Waals surface area contributed by atoms with E-state index in [1.807, 2.05) is 44.2 Å². The Balaban J connectivity index is 1.15. The van der Waals surface area contributed by atoms with E-state index in [2.05, 4.69) is 15.4 Å². The number of nitrogens with one attached hydrogen (secondary N) is 3. The number of nitrogens with zero attached hydrogens (tertiary/aromatic N) is 2. The molecule has 58 heavy (non-hydrogen) atoms. The number of methoxy groups -OCH3 is 1. The van der Waals surface area contributed by atoms with E-state index in [0.29, 0.717) is 56.4 Å². The van der Waals surface area contributed by atoms with Crippen molar-refractivity contribution >= 4 is 44.7 Å². The van der Waals surface area contributed by atoms with Gasteiger partial charge in [-0.3, -0.25) is 19.1 Å². The van der Waals surface area contributed by atoms with E-state index in [1.165, 1.54) is 4.90 Å². The van der Waals surface area contributed by atoms with E-state index in [9.17, 15) is 27.6 Å². The maximum absolute atomic E-state index is 14.9. The third-order valence-electron chi connectivity index (χ3n) is 13.5. The van der Waals surface area contributed by atoms with Gasteiger partial charge in [0.25, 0.3) is 5.91 Å². The molecule has 6 atom stereocenters. The largest absolute Gasteiger partial charge is 0.497 e. The van der Waals surface area contributed by atoms with Crippen LogP contribution in [0.15, 0.2) is 30.4 Å². The number of rotatable bonds is 8. The summed E-state index contributed by atoms with van der Waals surface area (Å²) in [4.78, 5) is 63.6. The van der Waals surface area contributed by atoms with E-state index in [1.54, 1.807) is 21.0 Å². The first kappa shape index (κ1) is 40.4. The third-order valence-corrected chi connectivity index (χ3v) is 15.7. The van der Waals surface area contributed by atoms with Crippen LogP contribution in [-0.2, 0) is 35.6 Å². The van der Waals surface area contributed by atoms with Crippen molar-refractivity contribution in [2.45, 2.75) is 151 Å². The Labute approximate surface area is 340 Å². The molecule has 1 saturated heterocycles. The number of alkyl carbamates (subject to hydrolysis) is 1. The number of hydrogen-bond acceptors (Lipinski definition) is 10. The summed E-state index contributed by atoms with van der Waals surface area (Å²) in [7, 11) is -2.37. The normalized spacial score (nSPS) is 30.4. The van der Waals surface area contributed by atoms with E-state index >= 15 is 0 Å². The predicted octanol–water partition coefficient (Wildman–Crippen LogP) is 5.32. The zero-order chi connectivity index (χ0) is 41.2. The Morgan fingerprint density at radius 2 is 1.83 bits per heavy atom. The van der Waals surface area contributed by atoms with Gasteiger partial charge >= 0.3 is 6.09 Å². The quantitative estimate of drug-likeness (QED) is 0.295. The van der Waals surface area contributed by atoms with Crippen LogP contribution < -0.4 is 24.8 Å². The minimum absolute atomic E-state index is 0.0615. The molecule has 1 aromatic heterocycles. The summed E-state index contributed by atoms with van der Waals surface area (Å²) in [6.45, 7) is 7.36. The third kappa shape index (κ3) is 7.63. The van der Waals surface area contributed by atoms with E-state index in [-0.39, 0.29) is 37.3 Å². The number of pyridine rings is 1. The van der Waals surface area contributed by atoms with Crippen LogP contribution in [0.2, 0.25) is 0 Å². The summed E-state index contributed by atoms with van der Waals surface area (Å²) in [5.74, 6) is -0.514. The molecule has 15 heteroatoms. The van der Waals surface area contributed by atoms with E-state index in [4.69, 9.17) is 19.2 Å². The maximum Gasteiger partial charge on any atom is 0.408 e. The Morgan fingerprint density at radius 3 is 2.53 bits per heavy atom. The number of carbonyl (C=O) groups is 4. The average molecular weight is 820 g/mol. The molecule has 0 bridgehead atoms. The van der Waals surface area contributed by atoms with Crippen molar-refractivity contribution in [1.82, 2.24) is 25.2 Å². The zero-order valence-electron chi connectivity index (χ0n) is 34.2. The summed E-state index contributed by atoms with van der Waals surface area (Å²) in [6, 6.07) is 3.76. The molecule has 2 aromatic rings. The number of amides is 4. The highest BCUT2D eigenvalue weighted by Crippen LogP contribution is 2.52. The second kappa shape index (κ2) is 15.0. The molecule has 8 rings (SSSR count). The first-order chi connectivity index (χ1) is 27.6. The summed E-state index contributed by atoms with van der Waals surface area (Å²) in [6.07, 6.45) is 10.4. The number of sulfonamides is 1. The lowest BCUT2D eigenvalue weighted by Crippen LogP contribution is -2.58. The highest BCUT2D eigenvalue weighted by atomic mass is 32.2. The minimum atomic E-state index is -3.99. The Morgan fingerprint density at radius 1 is 1.05 bits per heavy atom. The van der Waals surface area contributed by atoms with Crippen LogP contribution in [0, 0.1) is 11.8 Å². The van der Waals surface area contributed by atoms with Gasteiger partial charge < -0.3 is 29.7 Å². The van der Waals surface area contributed by atoms with Crippen molar-refractivity contribution in [2.24, 2.45) is 11.8 Å². The Bertz CT molecular complexity index is 2150. The monoisotopic (exact) mass is 819 g/mol. The minimum Gasteiger partial charge on any atom is -0.497 e. The predicted molar refractivity (Wildman–Crippen MR) is 216 cm³/mol. The van der Waals surface area contributed by atoms with Crippen LogP contribution in [0.25, 0.3) is 10.9 Å². The molecule has 314 valence electrons. The smallest absolute Gasteiger partial charge is 0.408 e. The second-order valence-corrected chi connectivity index (χ2v) is 20.4. The van der Waals surface area contributed by atoms with Gasteiger partial charge in [-0.15, -0.1) is 0 Å². The molecule has 3 saturated carbocycles. The van der Waals surface area contributed by atoms with E-state index in [0.717, 1.165) is 47.8 Å². The van der Waals surface area contributed by atoms with E-state index < -0.39 is 67.7 Å². The van der Waals surface area contributed by atoms with Gasteiger partial charge in [-0.1, -0.05) is 38.8 Å². The van der Waals surface area contributed by atoms with Crippen molar-refractivity contribution in [2.75, 3.05) is 13.7 Å². The first-order valence-electron chi connectivity index (χ1n) is 21.1. The van der Waals surface area contributed by atoms with Gasteiger partial charge in [-0.2, -0.15) is 0 Å². The number of ether oxygens (including phenoxy) is 3. The SMILES string of the molecule is COc1ccc2nc(C3CC3)c3c(c2c1)CC[C@]1(C[C@H]2C(=O)N[C@]4(C(=O)NS(=O)(=O)C5(C)CC5)C[C@H]4/C=C\CCCCC[C@H](NC(=O)O[C@@H](C)C(C)C)C(=O)N2C1)O3. The molecular formula is C43H57N5O9S. The van der Waals surface area contributed by atoms with Gasteiger partial charge in [-0.05, 0) is 102 Å². The fraction of sp³-hybridized carbons (Fsp3) is 0.651. The Kier molecular flexibility index (Phi) is 10.4. The van der Waals surface area contributed by atoms with Crippen LogP contribution in [0.4, 0.5) is 4.79 Å². The molecule has 4 amide bonds. The molecule has 0 radical (unpaired) electrons. The molecule has 3 N–H and O–H groups in total. The van der Waals surface area contributed by atoms with Crippen molar-refractivity contribution in [3.05, 3.63) is 41.6 Å². The van der Waals surface area contributed by atoms with Gasteiger partial charge in [0.1, 0.15) is 40.8 Å². The number of benzene rings is 1. The summed E-state index contributed by atoms with van der Waals surface area (Å²) in [5.41, 5.74) is 0.269. The Hall–Kier alpha value is -4.40. The van der Waals surface area contributed by atoms with Crippen LogP contribution in [0.1, 0.15) is 122 Å². The molecule has 1 aromatic carbocycles. The van der Waals surface area contributed by atoms with Crippen LogP contribution in [0.3, 0.4) is 0 Å². The molecule has 1 spiro atoms. The van der Waals surface area contributed by atoms with Crippen molar-refractivity contribution in [1.29, 1.82) is 0 Å². The molecule has 4 heterocycles. The molecule has 14 nitrogen and oxygen atoms in total. The molecular weight excluding hydrogens is 763 g/mol. The molecule has 6 aliphatic rings. The van der Waals surface area contributed by atoms with Gasteiger partial charge in [0.15, 0.2) is 0 Å². The molecule has 3 aliphatic carbocycles. The summed E-state index contributed by atoms with van der Waals surface area (Å²) >= 11 is 0. The van der Waals surface area contributed by atoms with Crippen LogP contribution in [-0.4, -0.2) is 89.8 Å². The van der Waals surface area contributed by atoms with Crippen molar-refractivity contribution in [3.8, 4) is 11.5 Å². The van der Waals surface area contributed by atoms with Gasteiger partial charge in [0.2, 0.25) is 21.8 Å². The second-order valence-electron chi connectivity index (χ2n) is 18.2. The maximum atomic E-state index is 14.9. The average Bonchev–Trinajstić information content (AvgIpc) is 4.12. The van der Waals surface area contributed by atoms with Gasteiger partial charge in [0.05, 0.1) is 29.6 Å². The number of hydrogen-bond donors (Lipinski definition) is 3. The van der Waals surface area contributed by atoms with Crippen LogP contribution >= 0.6 is 0 Å². The lowest BCUT2D eigenvalue weighted by atomic mass is 9.86. The number of fused-ring (bicyclic) bond motifs is 5. The lowest BCUT2D eigenvalue weighted by Gasteiger charge is -2.37. The van der Waals surface area contributed by atoms with Crippen molar-refractivity contribution < 1.29 is 41.8 Å². The van der Waals surface area contributed by atoms with Gasteiger partial charge in [-0.25, -0.2) is 18.2 Å². The molecule has 3 aliphatic heterocycles. The molecule has 4 fully saturated rings. The van der Waals surface area contributed by atoms with Crippen LogP contribution in [0.5, 0.6) is 11.5 Å². The number of aryl methyl sites for hydroxylation is 1. The zero-order valence-corrected chi connectivity index (χ0v) is 35.0. The molecule has 0 unspecified atom stereocenters.